The first-order valence-electron chi connectivity index (χ1n) is 9.69. The molecule has 0 fully saturated rings. The van der Waals surface area contributed by atoms with Gasteiger partial charge in [-0.05, 0) is 56.3 Å². The first kappa shape index (κ1) is 20.4. The Bertz CT molecular complexity index is 829. The van der Waals surface area contributed by atoms with Gasteiger partial charge in [0.25, 0.3) is 0 Å². The molecule has 0 saturated heterocycles. The van der Waals surface area contributed by atoms with E-state index in [-0.39, 0.29) is 30.4 Å². The van der Waals surface area contributed by atoms with Crippen LogP contribution in [-0.4, -0.2) is 47.4 Å². The predicted octanol–water partition coefficient (Wildman–Crippen LogP) is 3.82. The van der Waals surface area contributed by atoms with Gasteiger partial charge in [0, 0.05) is 24.4 Å². The molecule has 0 aliphatic carbocycles. The summed E-state index contributed by atoms with van der Waals surface area (Å²) in [5.41, 5.74) is 2.34. The maximum Gasteiger partial charge on any atom is 0.242 e. The third kappa shape index (κ3) is 4.55. The SMILES string of the molecule is CC(=O)N(CC(=O)N1CCc2sccc2[C@H]1COc1ccc(C)cc1)C(C)C. The van der Waals surface area contributed by atoms with E-state index in [0.717, 1.165) is 17.7 Å². The molecular weight excluding hydrogens is 372 g/mol. The number of hydrogen-bond donors (Lipinski definition) is 0. The van der Waals surface area contributed by atoms with Gasteiger partial charge in [-0.2, -0.15) is 0 Å². The molecule has 0 unspecified atom stereocenters. The fourth-order valence-corrected chi connectivity index (χ4v) is 4.51. The molecule has 0 bridgehead atoms. The minimum absolute atomic E-state index is 0.00907. The lowest BCUT2D eigenvalue weighted by molar-refractivity contribution is -0.143. The van der Waals surface area contributed by atoms with Crippen LogP contribution < -0.4 is 4.74 Å². The molecule has 1 aromatic heterocycles. The largest absolute Gasteiger partial charge is 0.491 e. The summed E-state index contributed by atoms with van der Waals surface area (Å²) in [6.45, 7) is 8.57. The summed E-state index contributed by atoms with van der Waals surface area (Å²) in [5, 5.41) is 2.08. The maximum absolute atomic E-state index is 13.1. The summed E-state index contributed by atoms with van der Waals surface area (Å²) >= 11 is 1.73. The van der Waals surface area contributed by atoms with E-state index < -0.39 is 0 Å². The van der Waals surface area contributed by atoms with Crippen molar-refractivity contribution in [2.75, 3.05) is 19.7 Å². The van der Waals surface area contributed by atoms with E-state index in [9.17, 15) is 9.59 Å². The standard InChI is InChI=1S/C22H28N2O3S/c1-15(2)24(17(4)25)13-22(26)23-11-9-21-19(10-12-28-21)20(23)14-27-18-7-5-16(3)6-8-18/h5-8,10,12,15,20H,9,11,13-14H2,1-4H3/t20-/m1/s1. The molecule has 6 heteroatoms. The van der Waals surface area contributed by atoms with Crippen LogP contribution in [-0.2, 0) is 16.0 Å². The Morgan fingerprint density at radius 2 is 1.96 bits per heavy atom. The predicted molar refractivity (Wildman–Crippen MR) is 112 cm³/mol. The lowest BCUT2D eigenvalue weighted by atomic mass is 10.0. The molecule has 0 saturated carbocycles. The van der Waals surface area contributed by atoms with E-state index in [1.165, 1.54) is 17.4 Å². The minimum Gasteiger partial charge on any atom is -0.491 e. The van der Waals surface area contributed by atoms with Crippen molar-refractivity contribution in [2.45, 2.75) is 46.2 Å². The Kier molecular flexibility index (Phi) is 6.39. The zero-order valence-corrected chi connectivity index (χ0v) is 17.8. The number of benzene rings is 1. The number of thiophene rings is 1. The van der Waals surface area contributed by atoms with Gasteiger partial charge in [0.1, 0.15) is 12.4 Å². The second kappa shape index (κ2) is 8.78. The van der Waals surface area contributed by atoms with Crippen LogP contribution in [0.2, 0.25) is 0 Å². The molecule has 0 N–H and O–H groups in total. The lowest BCUT2D eigenvalue weighted by Gasteiger charge is -2.37. The molecule has 2 heterocycles. The Morgan fingerprint density at radius 1 is 1.25 bits per heavy atom. The molecule has 1 atom stereocenters. The Hall–Kier alpha value is -2.34. The number of aryl methyl sites for hydroxylation is 1. The van der Waals surface area contributed by atoms with Gasteiger partial charge in [-0.1, -0.05) is 17.7 Å². The van der Waals surface area contributed by atoms with Gasteiger partial charge in [0.05, 0.1) is 12.6 Å². The summed E-state index contributed by atoms with van der Waals surface area (Å²) in [6.07, 6.45) is 0.849. The summed E-state index contributed by atoms with van der Waals surface area (Å²) in [4.78, 5) is 29.8. The van der Waals surface area contributed by atoms with E-state index in [2.05, 4.69) is 11.4 Å². The average molecular weight is 401 g/mol. The summed E-state index contributed by atoms with van der Waals surface area (Å²) in [5.74, 6) is 0.690. The smallest absolute Gasteiger partial charge is 0.242 e. The second-order valence-electron chi connectivity index (χ2n) is 7.52. The fourth-order valence-electron chi connectivity index (χ4n) is 3.58. The molecule has 1 aromatic carbocycles. The zero-order chi connectivity index (χ0) is 20.3. The van der Waals surface area contributed by atoms with Crippen molar-refractivity contribution in [2.24, 2.45) is 0 Å². The third-order valence-corrected chi connectivity index (χ3v) is 6.17. The normalized spacial score (nSPS) is 16.0. The molecule has 2 amide bonds. The highest BCUT2D eigenvalue weighted by Crippen LogP contribution is 2.34. The molecule has 150 valence electrons. The third-order valence-electron chi connectivity index (χ3n) is 5.18. The van der Waals surface area contributed by atoms with E-state index in [1.54, 1.807) is 16.2 Å². The molecule has 2 aromatic rings. The summed E-state index contributed by atoms with van der Waals surface area (Å²) in [6, 6.07) is 9.89. The Morgan fingerprint density at radius 3 is 2.61 bits per heavy atom. The van der Waals surface area contributed by atoms with E-state index in [4.69, 9.17) is 4.74 Å². The monoisotopic (exact) mass is 400 g/mol. The van der Waals surface area contributed by atoms with Crippen molar-refractivity contribution in [3.05, 3.63) is 51.7 Å². The number of nitrogens with zero attached hydrogens (tertiary/aromatic N) is 2. The van der Waals surface area contributed by atoms with Crippen molar-refractivity contribution < 1.29 is 14.3 Å². The van der Waals surface area contributed by atoms with Gasteiger partial charge in [-0.3, -0.25) is 9.59 Å². The lowest BCUT2D eigenvalue weighted by Crippen LogP contribution is -2.49. The summed E-state index contributed by atoms with van der Waals surface area (Å²) in [7, 11) is 0. The highest BCUT2D eigenvalue weighted by Gasteiger charge is 2.33. The molecule has 0 spiro atoms. The first-order chi connectivity index (χ1) is 13.4. The number of carbonyl (C=O) groups excluding carboxylic acids is 2. The van der Waals surface area contributed by atoms with Gasteiger partial charge >= 0.3 is 0 Å². The minimum atomic E-state index is -0.134. The van der Waals surface area contributed by atoms with Crippen molar-refractivity contribution in [3.63, 3.8) is 0 Å². The number of hydrogen-bond acceptors (Lipinski definition) is 4. The van der Waals surface area contributed by atoms with E-state index in [1.807, 2.05) is 49.9 Å². The number of carbonyl (C=O) groups is 2. The van der Waals surface area contributed by atoms with Gasteiger partial charge in [-0.25, -0.2) is 0 Å². The molecule has 1 aliphatic rings. The van der Waals surface area contributed by atoms with Gasteiger partial charge < -0.3 is 14.5 Å². The van der Waals surface area contributed by atoms with E-state index in [0.29, 0.717) is 13.2 Å². The number of amides is 2. The molecule has 5 nitrogen and oxygen atoms in total. The van der Waals surface area contributed by atoms with Gasteiger partial charge in [0.2, 0.25) is 11.8 Å². The van der Waals surface area contributed by atoms with E-state index >= 15 is 0 Å². The molecule has 28 heavy (non-hydrogen) atoms. The van der Waals surface area contributed by atoms with Gasteiger partial charge in [-0.15, -0.1) is 11.3 Å². The fraction of sp³-hybridized carbons (Fsp3) is 0.455. The van der Waals surface area contributed by atoms with Crippen molar-refractivity contribution in [1.29, 1.82) is 0 Å². The van der Waals surface area contributed by atoms with Crippen LogP contribution in [0.3, 0.4) is 0 Å². The molecule has 3 rings (SSSR count). The van der Waals surface area contributed by atoms with Crippen molar-refractivity contribution in [3.8, 4) is 5.75 Å². The second-order valence-corrected chi connectivity index (χ2v) is 8.52. The van der Waals surface area contributed by atoms with Crippen LogP contribution >= 0.6 is 11.3 Å². The number of rotatable bonds is 6. The number of fused-ring (bicyclic) bond motifs is 1. The Balaban J connectivity index is 1.77. The topological polar surface area (TPSA) is 49.9 Å². The quantitative estimate of drug-likeness (QED) is 0.741. The van der Waals surface area contributed by atoms with Crippen LogP contribution in [0.5, 0.6) is 5.75 Å². The molecular formula is C22H28N2O3S. The van der Waals surface area contributed by atoms with Crippen LogP contribution in [0.1, 0.15) is 42.8 Å². The highest BCUT2D eigenvalue weighted by molar-refractivity contribution is 7.10. The maximum atomic E-state index is 13.1. The zero-order valence-electron chi connectivity index (χ0n) is 17.0. The van der Waals surface area contributed by atoms with Gasteiger partial charge in [0.15, 0.2) is 0 Å². The summed E-state index contributed by atoms with van der Waals surface area (Å²) < 4.78 is 6.04. The van der Waals surface area contributed by atoms with Crippen molar-refractivity contribution in [1.82, 2.24) is 9.80 Å². The average Bonchev–Trinajstić information content (AvgIpc) is 3.13. The van der Waals surface area contributed by atoms with Crippen molar-refractivity contribution >= 4 is 23.2 Å². The molecule has 0 radical (unpaired) electrons. The van der Waals surface area contributed by atoms with Crippen LogP contribution in [0, 0.1) is 6.92 Å². The van der Waals surface area contributed by atoms with Crippen LogP contribution in [0.25, 0.3) is 0 Å². The first-order valence-corrected chi connectivity index (χ1v) is 10.6. The molecule has 1 aliphatic heterocycles. The number of ether oxygens (including phenoxy) is 1. The van der Waals surface area contributed by atoms with Crippen LogP contribution in [0.15, 0.2) is 35.7 Å². The highest BCUT2D eigenvalue weighted by atomic mass is 32.1. The van der Waals surface area contributed by atoms with Crippen LogP contribution in [0.4, 0.5) is 0 Å². The Labute approximate surface area is 170 Å².